The van der Waals surface area contributed by atoms with Crippen molar-refractivity contribution in [2.75, 3.05) is 6.54 Å². The van der Waals surface area contributed by atoms with Gasteiger partial charge >= 0.3 is 0 Å². The van der Waals surface area contributed by atoms with Gasteiger partial charge in [0.1, 0.15) is 5.82 Å². The first kappa shape index (κ1) is 8.20. The second kappa shape index (κ2) is 3.48. The molecule has 0 bridgehead atoms. The van der Waals surface area contributed by atoms with E-state index < -0.39 is 0 Å². The fraction of sp³-hybridized carbons (Fsp3) is 0.714. The Bertz CT molecular complexity index is 228. The van der Waals surface area contributed by atoms with Crippen LogP contribution < -0.4 is 5.73 Å². The van der Waals surface area contributed by atoms with Gasteiger partial charge in [0.15, 0.2) is 5.82 Å². The van der Waals surface area contributed by atoms with Gasteiger partial charge in [-0.15, -0.1) is 0 Å². The van der Waals surface area contributed by atoms with E-state index in [4.69, 9.17) is 5.73 Å². The fourth-order valence-electron chi connectivity index (χ4n) is 1.02. The molecule has 0 atom stereocenters. The summed E-state index contributed by atoms with van der Waals surface area (Å²) in [6.45, 7) is 2.68. The van der Waals surface area contributed by atoms with Crippen LogP contribution in [-0.4, -0.2) is 21.3 Å². The van der Waals surface area contributed by atoms with E-state index >= 15 is 0 Å². The lowest BCUT2D eigenvalue weighted by atomic mass is 10.4. The number of nitrogens with two attached hydrogens (primary N) is 1. The highest BCUT2D eigenvalue weighted by Gasteiger charge is 2.02. The van der Waals surface area contributed by atoms with Crippen molar-refractivity contribution in [3.8, 4) is 0 Å². The normalized spacial score (nSPS) is 10.5. The van der Waals surface area contributed by atoms with Crippen LogP contribution in [0.1, 0.15) is 18.6 Å². The van der Waals surface area contributed by atoms with Gasteiger partial charge in [-0.1, -0.05) is 6.92 Å². The zero-order valence-electron chi connectivity index (χ0n) is 7.04. The summed E-state index contributed by atoms with van der Waals surface area (Å²) in [6.07, 6.45) is 1.70. The molecule has 0 aliphatic rings. The maximum Gasteiger partial charge on any atom is 0.152 e. The highest BCUT2D eigenvalue weighted by Crippen LogP contribution is 1.96. The molecule has 0 spiro atoms. The lowest BCUT2D eigenvalue weighted by molar-refractivity contribution is 0.698. The van der Waals surface area contributed by atoms with Gasteiger partial charge in [-0.3, -0.25) is 4.68 Å². The maximum atomic E-state index is 5.37. The summed E-state index contributed by atoms with van der Waals surface area (Å²) in [4.78, 5) is 4.29. The SMILES string of the molecule is CCc1nc(CCN)nn1C. The van der Waals surface area contributed by atoms with Crippen molar-refractivity contribution < 1.29 is 0 Å². The molecule has 0 saturated carbocycles. The minimum absolute atomic E-state index is 0.618. The van der Waals surface area contributed by atoms with Gasteiger partial charge in [0.05, 0.1) is 0 Å². The molecule has 1 aromatic rings. The van der Waals surface area contributed by atoms with Gasteiger partial charge < -0.3 is 5.73 Å². The second-order valence-electron chi connectivity index (χ2n) is 2.46. The standard InChI is InChI=1S/C7H14N4/c1-3-7-9-6(4-5-8)10-11(7)2/h3-5,8H2,1-2H3. The Morgan fingerprint density at radius 2 is 2.27 bits per heavy atom. The molecular weight excluding hydrogens is 140 g/mol. The summed E-state index contributed by atoms with van der Waals surface area (Å²) >= 11 is 0. The summed E-state index contributed by atoms with van der Waals surface area (Å²) in [5, 5.41) is 4.20. The van der Waals surface area contributed by atoms with Crippen molar-refractivity contribution in [2.24, 2.45) is 12.8 Å². The first-order chi connectivity index (χ1) is 5.27. The molecule has 4 nitrogen and oxygen atoms in total. The molecule has 0 amide bonds. The van der Waals surface area contributed by atoms with Crippen molar-refractivity contribution >= 4 is 0 Å². The van der Waals surface area contributed by atoms with Crippen LogP contribution in [-0.2, 0) is 19.9 Å². The van der Waals surface area contributed by atoms with Gasteiger partial charge in [0.25, 0.3) is 0 Å². The molecule has 0 aliphatic heterocycles. The van der Waals surface area contributed by atoms with Crippen molar-refractivity contribution in [3.05, 3.63) is 11.6 Å². The molecule has 1 aromatic heterocycles. The number of aromatic nitrogens is 3. The van der Waals surface area contributed by atoms with Crippen LogP contribution in [0.3, 0.4) is 0 Å². The summed E-state index contributed by atoms with van der Waals surface area (Å²) in [7, 11) is 1.91. The highest BCUT2D eigenvalue weighted by molar-refractivity contribution is 4.92. The van der Waals surface area contributed by atoms with Crippen LogP contribution in [0.2, 0.25) is 0 Å². The third-order valence-electron chi connectivity index (χ3n) is 1.58. The second-order valence-corrected chi connectivity index (χ2v) is 2.46. The lowest BCUT2D eigenvalue weighted by Gasteiger charge is -1.90. The molecule has 62 valence electrons. The number of aryl methyl sites for hydroxylation is 2. The Kier molecular flexibility index (Phi) is 2.59. The van der Waals surface area contributed by atoms with Crippen LogP contribution in [0.5, 0.6) is 0 Å². The topological polar surface area (TPSA) is 56.7 Å². The van der Waals surface area contributed by atoms with Gasteiger partial charge in [-0.25, -0.2) is 4.98 Å². The Morgan fingerprint density at radius 3 is 2.73 bits per heavy atom. The van der Waals surface area contributed by atoms with Crippen LogP contribution in [0, 0.1) is 0 Å². The molecule has 1 rings (SSSR count). The minimum atomic E-state index is 0.618. The molecule has 0 aromatic carbocycles. The number of nitrogens with zero attached hydrogens (tertiary/aromatic N) is 3. The molecule has 11 heavy (non-hydrogen) atoms. The Balaban J connectivity index is 2.77. The average Bonchev–Trinajstić information content (AvgIpc) is 2.32. The van der Waals surface area contributed by atoms with Gasteiger partial charge in [-0.05, 0) is 6.54 Å². The Labute approximate surface area is 66.4 Å². The number of rotatable bonds is 3. The molecule has 2 N–H and O–H groups in total. The van der Waals surface area contributed by atoms with E-state index in [1.165, 1.54) is 0 Å². The van der Waals surface area contributed by atoms with Crippen LogP contribution in [0.4, 0.5) is 0 Å². The summed E-state index contributed by atoms with van der Waals surface area (Å²) in [5.41, 5.74) is 5.37. The predicted molar refractivity (Wildman–Crippen MR) is 43.1 cm³/mol. The average molecular weight is 154 g/mol. The summed E-state index contributed by atoms with van der Waals surface area (Å²) in [5.74, 6) is 1.88. The van der Waals surface area contributed by atoms with Crippen molar-refractivity contribution in [1.29, 1.82) is 0 Å². The third kappa shape index (κ3) is 1.77. The first-order valence-electron chi connectivity index (χ1n) is 3.86. The van der Waals surface area contributed by atoms with E-state index in [0.29, 0.717) is 6.54 Å². The third-order valence-corrected chi connectivity index (χ3v) is 1.58. The smallest absolute Gasteiger partial charge is 0.152 e. The van der Waals surface area contributed by atoms with Crippen molar-refractivity contribution in [3.63, 3.8) is 0 Å². The molecule has 0 unspecified atom stereocenters. The first-order valence-corrected chi connectivity index (χ1v) is 3.86. The van der Waals surface area contributed by atoms with E-state index in [0.717, 1.165) is 24.5 Å². The van der Waals surface area contributed by atoms with E-state index in [2.05, 4.69) is 17.0 Å². The van der Waals surface area contributed by atoms with E-state index in [1.54, 1.807) is 0 Å². The highest BCUT2D eigenvalue weighted by atomic mass is 15.3. The zero-order valence-corrected chi connectivity index (χ0v) is 7.04. The molecule has 0 aliphatic carbocycles. The Morgan fingerprint density at radius 1 is 1.55 bits per heavy atom. The summed E-state index contributed by atoms with van der Waals surface area (Å²) in [6, 6.07) is 0. The quantitative estimate of drug-likeness (QED) is 0.660. The number of hydrogen-bond donors (Lipinski definition) is 1. The largest absolute Gasteiger partial charge is 0.330 e. The van der Waals surface area contributed by atoms with Gasteiger partial charge in [0, 0.05) is 19.9 Å². The van der Waals surface area contributed by atoms with Crippen molar-refractivity contribution in [2.45, 2.75) is 19.8 Å². The van der Waals surface area contributed by atoms with Crippen molar-refractivity contribution in [1.82, 2.24) is 14.8 Å². The van der Waals surface area contributed by atoms with Gasteiger partial charge in [-0.2, -0.15) is 5.10 Å². The fourth-order valence-corrected chi connectivity index (χ4v) is 1.02. The molecule has 0 saturated heterocycles. The molecule has 0 radical (unpaired) electrons. The van der Waals surface area contributed by atoms with E-state index in [1.807, 2.05) is 11.7 Å². The Hall–Kier alpha value is -0.900. The molecule has 0 fully saturated rings. The molecule has 1 heterocycles. The van der Waals surface area contributed by atoms with Gasteiger partial charge in [0.2, 0.25) is 0 Å². The molecule has 4 heteroatoms. The van der Waals surface area contributed by atoms with Crippen LogP contribution in [0.15, 0.2) is 0 Å². The zero-order chi connectivity index (χ0) is 8.27. The van der Waals surface area contributed by atoms with E-state index in [9.17, 15) is 0 Å². The molecular formula is C7H14N4. The minimum Gasteiger partial charge on any atom is -0.330 e. The van der Waals surface area contributed by atoms with Crippen LogP contribution >= 0.6 is 0 Å². The van der Waals surface area contributed by atoms with E-state index in [-0.39, 0.29) is 0 Å². The maximum absolute atomic E-state index is 5.37. The van der Waals surface area contributed by atoms with Crippen LogP contribution in [0.25, 0.3) is 0 Å². The monoisotopic (exact) mass is 154 g/mol. The lowest BCUT2D eigenvalue weighted by Crippen LogP contribution is -2.04. The number of hydrogen-bond acceptors (Lipinski definition) is 3. The summed E-state index contributed by atoms with van der Waals surface area (Å²) < 4.78 is 1.81. The predicted octanol–water partition coefficient (Wildman–Crippen LogP) is -0.121.